The Kier molecular flexibility index (Phi) is 4.98. The third-order valence-corrected chi connectivity index (χ3v) is 3.70. The van der Waals surface area contributed by atoms with E-state index in [1.54, 1.807) is 17.0 Å². The molecule has 1 heterocycles. The van der Waals surface area contributed by atoms with E-state index in [-0.39, 0.29) is 18.4 Å². The van der Waals surface area contributed by atoms with Crippen LogP contribution in [0.3, 0.4) is 0 Å². The molecule has 2 amide bonds. The number of rotatable bonds is 5. The van der Waals surface area contributed by atoms with Gasteiger partial charge in [0.05, 0.1) is 5.92 Å². The van der Waals surface area contributed by atoms with Crippen molar-refractivity contribution >= 4 is 17.8 Å². The number of hydrogen-bond acceptors (Lipinski definition) is 4. The molecule has 0 aliphatic carbocycles. The number of carboxylic acid groups (broad SMARTS) is 1. The van der Waals surface area contributed by atoms with E-state index in [9.17, 15) is 14.4 Å². The van der Waals surface area contributed by atoms with E-state index in [4.69, 9.17) is 15.6 Å². The number of carboxylic acids is 1. The number of nitrogens with zero attached hydrogens (tertiary/aromatic N) is 1. The van der Waals surface area contributed by atoms with Crippen LogP contribution >= 0.6 is 0 Å². The summed E-state index contributed by atoms with van der Waals surface area (Å²) in [5.41, 5.74) is 5.50. The summed E-state index contributed by atoms with van der Waals surface area (Å²) in [4.78, 5) is 35.4. The molecule has 7 nitrogen and oxygen atoms in total. The molecule has 3 N–H and O–H groups in total. The van der Waals surface area contributed by atoms with Gasteiger partial charge in [-0.1, -0.05) is 0 Å². The van der Waals surface area contributed by atoms with Gasteiger partial charge in [0.2, 0.25) is 5.91 Å². The minimum Gasteiger partial charge on any atom is -0.484 e. The topological polar surface area (TPSA) is 110 Å². The molecule has 1 aliphatic heterocycles. The number of nitrogens with two attached hydrogens (primary N) is 1. The summed E-state index contributed by atoms with van der Waals surface area (Å²) in [6.07, 6.45) is 0.933. The maximum Gasteiger partial charge on any atom is 0.306 e. The SMILES string of the molecule is NC(=O)c1ccc(OCC(=O)N2CCC(C(=O)O)CC2)cc1. The van der Waals surface area contributed by atoms with Crippen molar-refractivity contribution in [3.63, 3.8) is 0 Å². The second-order valence-corrected chi connectivity index (χ2v) is 5.17. The first kappa shape index (κ1) is 15.8. The number of hydrogen-bond donors (Lipinski definition) is 2. The number of piperidine rings is 1. The van der Waals surface area contributed by atoms with Crippen LogP contribution in [0.4, 0.5) is 0 Å². The quantitative estimate of drug-likeness (QED) is 0.822. The Morgan fingerprint density at radius 2 is 1.77 bits per heavy atom. The summed E-state index contributed by atoms with van der Waals surface area (Å²) in [6, 6.07) is 6.20. The van der Waals surface area contributed by atoms with E-state index >= 15 is 0 Å². The molecule has 2 rings (SSSR count). The third-order valence-electron chi connectivity index (χ3n) is 3.70. The van der Waals surface area contributed by atoms with Crippen molar-refractivity contribution in [2.45, 2.75) is 12.8 Å². The molecule has 0 atom stereocenters. The maximum atomic E-state index is 12.0. The van der Waals surface area contributed by atoms with Gasteiger partial charge in [-0.15, -0.1) is 0 Å². The van der Waals surface area contributed by atoms with Crippen LogP contribution in [-0.4, -0.2) is 47.5 Å². The van der Waals surface area contributed by atoms with E-state index in [1.165, 1.54) is 12.1 Å². The fourth-order valence-electron chi connectivity index (χ4n) is 2.33. The standard InChI is InChI=1S/C15H18N2O5/c16-14(19)10-1-3-12(4-2-10)22-9-13(18)17-7-5-11(6-8-17)15(20)21/h1-4,11H,5-9H2,(H2,16,19)(H,20,21). The molecule has 118 valence electrons. The smallest absolute Gasteiger partial charge is 0.306 e. The molecule has 1 aromatic carbocycles. The van der Waals surface area contributed by atoms with E-state index < -0.39 is 11.9 Å². The highest BCUT2D eigenvalue weighted by atomic mass is 16.5. The first-order chi connectivity index (χ1) is 10.5. The lowest BCUT2D eigenvalue weighted by Crippen LogP contribution is -2.42. The van der Waals surface area contributed by atoms with Gasteiger partial charge in [-0.25, -0.2) is 0 Å². The summed E-state index contributed by atoms with van der Waals surface area (Å²) in [5.74, 6) is -1.41. The van der Waals surface area contributed by atoms with Crippen molar-refractivity contribution in [3.8, 4) is 5.75 Å². The van der Waals surface area contributed by atoms with Gasteiger partial charge in [0.1, 0.15) is 5.75 Å². The minimum atomic E-state index is -0.808. The Bertz CT molecular complexity index is 562. The van der Waals surface area contributed by atoms with Crippen molar-refractivity contribution < 1.29 is 24.2 Å². The van der Waals surface area contributed by atoms with Crippen LogP contribution in [-0.2, 0) is 9.59 Å². The van der Waals surface area contributed by atoms with Gasteiger partial charge in [0.15, 0.2) is 6.61 Å². The summed E-state index contributed by atoms with van der Waals surface area (Å²) >= 11 is 0. The van der Waals surface area contributed by atoms with Gasteiger partial charge in [-0.3, -0.25) is 14.4 Å². The molecule has 1 saturated heterocycles. The van der Waals surface area contributed by atoms with Gasteiger partial charge in [0, 0.05) is 18.7 Å². The summed E-state index contributed by atoms with van der Waals surface area (Å²) in [5, 5.41) is 8.92. The molecule has 0 spiro atoms. The van der Waals surface area contributed by atoms with Gasteiger partial charge in [-0.05, 0) is 37.1 Å². The lowest BCUT2D eigenvalue weighted by Gasteiger charge is -2.30. The second-order valence-electron chi connectivity index (χ2n) is 5.17. The fraction of sp³-hybridized carbons (Fsp3) is 0.400. The molecular formula is C15H18N2O5. The average molecular weight is 306 g/mol. The first-order valence-corrected chi connectivity index (χ1v) is 7.00. The predicted octanol–water partition coefficient (Wildman–Crippen LogP) is 0.488. The first-order valence-electron chi connectivity index (χ1n) is 7.00. The Labute approximate surface area is 127 Å². The number of benzene rings is 1. The Hall–Kier alpha value is -2.57. The lowest BCUT2D eigenvalue weighted by atomic mass is 9.97. The van der Waals surface area contributed by atoms with E-state index in [2.05, 4.69) is 0 Å². The van der Waals surface area contributed by atoms with E-state index in [0.717, 1.165) is 0 Å². The van der Waals surface area contributed by atoms with Crippen LogP contribution in [0.25, 0.3) is 0 Å². The normalized spacial score (nSPS) is 15.4. The number of primary amides is 1. The Balaban J connectivity index is 1.80. The van der Waals surface area contributed by atoms with Crippen LogP contribution in [0.1, 0.15) is 23.2 Å². The van der Waals surface area contributed by atoms with Crippen molar-refractivity contribution in [3.05, 3.63) is 29.8 Å². The van der Waals surface area contributed by atoms with Crippen molar-refractivity contribution in [2.24, 2.45) is 11.7 Å². The molecule has 0 bridgehead atoms. The van der Waals surface area contributed by atoms with Gasteiger partial charge in [0.25, 0.3) is 5.91 Å². The van der Waals surface area contributed by atoms with Crippen LogP contribution < -0.4 is 10.5 Å². The molecular weight excluding hydrogens is 288 g/mol. The number of carbonyl (C=O) groups excluding carboxylic acids is 2. The number of amides is 2. The van der Waals surface area contributed by atoms with Gasteiger partial charge >= 0.3 is 5.97 Å². The monoisotopic (exact) mass is 306 g/mol. The zero-order valence-corrected chi connectivity index (χ0v) is 12.0. The van der Waals surface area contributed by atoms with E-state index in [0.29, 0.717) is 37.2 Å². The Morgan fingerprint density at radius 1 is 1.18 bits per heavy atom. The molecule has 1 aromatic rings. The highest BCUT2D eigenvalue weighted by Crippen LogP contribution is 2.18. The molecule has 1 fully saturated rings. The molecule has 0 radical (unpaired) electrons. The van der Waals surface area contributed by atoms with E-state index in [1.807, 2.05) is 0 Å². The van der Waals surface area contributed by atoms with Crippen molar-refractivity contribution in [1.82, 2.24) is 4.90 Å². The van der Waals surface area contributed by atoms with Crippen molar-refractivity contribution in [1.29, 1.82) is 0 Å². The number of carbonyl (C=O) groups is 3. The van der Waals surface area contributed by atoms with Crippen LogP contribution in [0.2, 0.25) is 0 Å². The van der Waals surface area contributed by atoms with Crippen LogP contribution in [0.5, 0.6) is 5.75 Å². The number of likely N-dealkylation sites (tertiary alicyclic amines) is 1. The predicted molar refractivity (Wildman–Crippen MR) is 77.4 cm³/mol. The zero-order chi connectivity index (χ0) is 16.1. The summed E-state index contributed by atoms with van der Waals surface area (Å²) in [6.45, 7) is 0.743. The summed E-state index contributed by atoms with van der Waals surface area (Å²) < 4.78 is 5.37. The largest absolute Gasteiger partial charge is 0.484 e. The molecule has 7 heteroatoms. The molecule has 0 saturated carbocycles. The average Bonchev–Trinajstić information content (AvgIpc) is 2.53. The molecule has 22 heavy (non-hydrogen) atoms. The number of ether oxygens (including phenoxy) is 1. The fourth-order valence-corrected chi connectivity index (χ4v) is 2.33. The second kappa shape index (κ2) is 6.93. The molecule has 0 unspecified atom stereocenters. The molecule has 0 aromatic heterocycles. The highest BCUT2D eigenvalue weighted by molar-refractivity contribution is 5.92. The zero-order valence-electron chi connectivity index (χ0n) is 12.0. The number of aliphatic carboxylic acids is 1. The van der Waals surface area contributed by atoms with Crippen LogP contribution in [0, 0.1) is 5.92 Å². The van der Waals surface area contributed by atoms with Crippen LogP contribution in [0.15, 0.2) is 24.3 Å². The van der Waals surface area contributed by atoms with Gasteiger partial charge in [-0.2, -0.15) is 0 Å². The lowest BCUT2D eigenvalue weighted by molar-refractivity contribution is -0.146. The Morgan fingerprint density at radius 3 is 2.27 bits per heavy atom. The van der Waals surface area contributed by atoms with Crippen molar-refractivity contribution in [2.75, 3.05) is 19.7 Å². The highest BCUT2D eigenvalue weighted by Gasteiger charge is 2.26. The minimum absolute atomic E-state index is 0.117. The summed E-state index contributed by atoms with van der Waals surface area (Å²) in [7, 11) is 0. The maximum absolute atomic E-state index is 12.0. The van der Waals surface area contributed by atoms with Gasteiger partial charge < -0.3 is 20.5 Å². The third kappa shape index (κ3) is 3.97. The molecule has 1 aliphatic rings.